The Hall–Kier alpha value is -1.39. The molecule has 2 rings (SSSR count). The van der Waals surface area contributed by atoms with Crippen LogP contribution in [0.15, 0.2) is 18.2 Å². The van der Waals surface area contributed by atoms with Crippen LogP contribution >= 0.6 is 0 Å². The van der Waals surface area contributed by atoms with E-state index in [1.165, 1.54) is 12.1 Å². The van der Waals surface area contributed by atoms with E-state index in [2.05, 4.69) is 0 Å². The molecule has 0 aliphatic carbocycles. The third kappa shape index (κ3) is 1.30. The van der Waals surface area contributed by atoms with Crippen molar-refractivity contribution in [2.75, 3.05) is 6.54 Å². The van der Waals surface area contributed by atoms with Crippen molar-refractivity contribution in [3.05, 3.63) is 34.5 Å². The smallest absolute Gasteiger partial charge is 0.344 e. The van der Waals surface area contributed by atoms with Crippen molar-refractivity contribution in [2.45, 2.75) is 6.42 Å². The molecule has 1 aliphatic heterocycles. The van der Waals surface area contributed by atoms with E-state index in [4.69, 9.17) is 5.11 Å². The first-order chi connectivity index (χ1) is 6.18. The molecule has 4 nitrogen and oxygen atoms in total. The summed E-state index contributed by atoms with van der Waals surface area (Å²) >= 11 is 0. The third-order valence-corrected chi connectivity index (χ3v) is 2.21. The number of carbonyl (C=O) groups excluding carboxylic acids is 1. The summed E-state index contributed by atoms with van der Waals surface area (Å²) in [6.07, 6.45) is 0.550. The molecule has 1 aromatic rings. The van der Waals surface area contributed by atoms with Gasteiger partial charge in [0.2, 0.25) is 0 Å². The number of hydroxylamine groups is 2. The zero-order valence-corrected chi connectivity index (χ0v) is 6.91. The van der Waals surface area contributed by atoms with Gasteiger partial charge in [0, 0.05) is 6.42 Å². The van der Waals surface area contributed by atoms with Crippen LogP contribution in [0.3, 0.4) is 0 Å². The Morgan fingerprint density at radius 2 is 2.23 bits per heavy atom. The average molecular weight is 179 g/mol. The highest BCUT2D eigenvalue weighted by molar-refractivity contribution is 5.90. The lowest BCUT2D eigenvalue weighted by Crippen LogP contribution is -3.11. The van der Waals surface area contributed by atoms with Crippen LogP contribution < -0.4 is 5.06 Å². The van der Waals surface area contributed by atoms with E-state index < -0.39 is 5.91 Å². The summed E-state index contributed by atoms with van der Waals surface area (Å²) in [6, 6.07) is 4.47. The molecule has 0 fully saturated rings. The van der Waals surface area contributed by atoms with E-state index in [1.54, 1.807) is 6.07 Å². The predicted octanol–water partition coefficient (Wildman–Crippen LogP) is -0.529. The van der Waals surface area contributed by atoms with E-state index in [1.807, 2.05) is 0 Å². The van der Waals surface area contributed by atoms with Crippen molar-refractivity contribution in [3.63, 3.8) is 0 Å². The Kier molecular flexibility index (Phi) is 1.79. The fourth-order valence-corrected chi connectivity index (χ4v) is 1.52. The molecule has 2 N–H and O–H groups in total. The molecule has 13 heavy (non-hydrogen) atoms. The standard InChI is InChI=1S/C9H9NO3/c11-7-1-2-8-6(5-7)3-4-10(13)9(8)12/h1-2,5,10-11H,3-4H2. The maximum Gasteiger partial charge on any atom is 0.344 e. The predicted molar refractivity (Wildman–Crippen MR) is 45.3 cm³/mol. The normalized spacial score (nSPS) is 21.3. The number of quaternary nitrogens is 1. The maximum absolute atomic E-state index is 11.3. The van der Waals surface area contributed by atoms with Crippen molar-refractivity contribution in [3.8, 4) is 5.75 Å². The molecule has 0 radical (unpaired) electrons. The molecule has 1 heterocycles. The fraction of sp³-hybridized carbons (Fsp3) is 0.222. The molecule has 0 bridgehead atoms. The van der Waals surface area contributed by atoms with Crippen LogP contribution in [-0.4, -0.2) is 17.6 Å². The number of hydrogen-bond donors (Lipinski definition) is 2. The highest BCUT2D eigenvalue weighted by Gasteiger charge is 2.23. The van der Waals surface area contributed by atoms with Crippen molar-refractivity contribution >= 4 is 5.91 Å². The SMILES string of the molecule is O=C1c2ccc(O)cc2CC[NH+]1[O-]. The zero-order valence-electron chi connectivity index (χ0n) is 6.91. The number of benzene rings is 1. The summed E-state index contributed by atoms with van der Waals surface area (Å²) in [5.41, 5.74) is 1.21. The Morgan fingerprint density at radius 1 is 1.46 bits per heavy atom. The fourth-order valence-electron chi connectivity index (χ4n) is 1.52. The van der Waals surface area contributed by atoms with Crippen molar-refractivity contribution in [1.82, 2.24) is 0 Å². The lowest BCUT2D eigenvalue weighted by atomic mass is 10.00. The van der Waals surface area contributed by atoms with Crippen molar-refractivity contribution < 1.29 is 15.0 Å². The van der Waals surface area contributed by atoms with Crippen LogP contribution in [0.2, 0.25) is 0 Å². The first kappa shape index (κ1) is 8.22. The van der Waals surface area contributed by atoms with E-state index in [9.17, 15) is 10.0 Å². The van der Waals surface area contributed by atoms with Gasteiger partial charge < -0.3 is 15.4 Å². The Bertz CT molecular complexity index is 362. The molecule has 68 valence electrons. The molecular weight excluding hydrogens is 170 g/mol. The minimum absolute atomic E-state index is 0.140. The second-order valence-electron chi connectivity index (χ2n) is 3.09. The number of rotatable bonds is 0. The van der Waals surface area contributed by atoms with Gasteiger partial charge in [-0.1, -0.05) is 0 Å². The summed E-state index contributed by atoms with van der Waals surface area (Å²) in [7, 11) is 0. The van der Waals surface area contributed by atoms with Gasteiger partial charge in [-0.3, -0.25) is 0 Å². The van der Waals surface area contributed by atoms with Crippen LogP contribution in [0.1, 0.15) is 15.9 Å². The molecule has 0 saturated carbocycles. The van der Waals surface area contributed by atoms with Crippen LogP contribution in [0.5, 0.6) is 5.75 Å². The Balaban J connectivity index is 2.50. The summed E-state index contributed by atoms with van der Waals surface area (Å²) in [5, 5.41) is 19.8. The van der Waals surface area contributed by atoms with E-state index in [-0.39, 0.29) is 17.4 Å². The molecule has 4 heteroatoms. The van der Waals surface area contributed by atoms with Crippen LogP contribution in [-0.2, 0) is 6.42 Å². The van der Waals surface area contributed by atoms with Gasteiger partial charge in [0.1, 0.15) is 5.75 Å². The first-order valence-corrected chi connectivity index (χ1v) is 4.08. The molecule has 0 spiro atoms. The third-order valence-electron chi connectivity index (χ3n) is 2.21. The second kappa shape index (κ2) is 2.83. The number of carbonyl (C=O) groups is 1. The van der Waals surface area contributed by atoms with Gasteiger partial charge >= 0.3 is 5.91 Å². The second-order valence-corrected chi connectivity index (χ2v) is 3.09. The number of aromatic hydroxyl groups is 1. The molecule has 1 amide bonds. The van der Waals surface area contributed by atoms with Gasteiger partial charge in [-0.05, 0) is 23.8 Å². The molecule has 0 saturated heterocycles. The van der Waals surface area contributed by atoms with E-state index >= 15 is 0 Å². The van der Waals surface area contributed by atoms with Gasteiger partial charge in [-0.15, -0.1) is 0 Å². The monoisotopic (exact) mass is 179 g/mol. The number of amides is 1. The summed E-state index contributed by atoms with van der Waals surface area (Å²) in [6.45, 7) is 0.259. The van der Waals surface area contributed by atoms with Gasteiger partial charge in [0.15, 0.2) is 0 Å². The molecule has 1 aromatic carbocycles. The van der Waals surface area contributed by atoms with E-state index in [0.29, 0.717) is 12.0 Å². The average Bonchev–Trinajstić information content (AvgIpc) is 2.12. The molecule has 1 atom stereocenters. The quantitative estimate of drug-likeness (QED) is 0.526. The van der Waals surface area contributed by atoms with Gasteiger partial charge in [-0.25, -0.2) is 4.79 Å². The van der Waals surface area contributed by atoms with Crippen molar-refractivity contribution in [1.29, 1.82) is 0 Å². The zero-order chi connectivity index (χ0) is 9.42. The summed E-state index contributed by atoms with van der Waals surface area (Å²) < 4.78 is 0. The van der Waals surface area contributed by atoms with Gasteiger partial charge in [0.25, 0.3) is 0 Å². The highest BCUT2D eigenvalue weighted by atomic mass is 16.5. The Labute approximate surface area is 75.0 Å². The lowest BCUT2D eigenvalue weighted by Gasteiger charge is -2.25. The summed E-state index contributed by atoms with van der Waals surface area (Å²) in [5.74, 6) is -0.290. The number of fused-ring (bicyclic) bond motifs is 1. The number of phenolic OH excluding ortho intramolecular Hbond substituents is 1. The minimum Gasteiger partial charge on any atom is -0.626 e. The Morgan fingerprint density at radius 3 is 3.00 bits per heavy atom. The number of nitrogens with one attached hydrogen (secondary N) is 1. The maximum atomic E-state index is 11.3. The minimum atomic E-state index is -0.429. The first-order valence-electron chi connectivity index (χ1n) is 4.08. The van der Waals surface area contributed by atoms with Crippen LogP contribution in [0.25, 0.3) is 0 Å². The van der Waals surface area contributed by atoms with Crippen molar-refractivity contribution in [2.24, 2.45) is 0 Å². The lowest BCUT2D eigenvalue weighted by molar-refractivity contribution is -0.759. The van der Waals surface area contributed by atoms with Gasteiger partial charge in [0.05, 0.1) is 12.1 Å². The largest absolute Gasteiger partial charge is 0.626 e. The molecule has 1 unspecified atom stereocenters. The van der Waals surface area contributed by atoms with Gasteiger partial charge in [-0.2, -0.15) is 0 Å². The molecule has 1 aliphatic rings. The molecular formula is C9H9NO3. The number of phenols is 1. The number of hydrogen-bond acceptors (Lipinski definition) is 3. The van der Waals surface area contributed by atoms with E-state index in [0.717, 1.165) is 5.56 Å². The summed E-state index contributed by atoms with van der Waals surface area (Å²) in [4.78, 5) is 11.3. The topological polar surface area (TPSA) is 64.8 Å². The molecule has 0 aromatic heterocycles. The van der Waals surface area contributed by atoms with Crippen LogP contribution in [0, 0.1) is 5.21 Å². The highest BCUT2D eigenvalue weighted by Crippen LogP contribution is 2.17. The van der Waals surface area contributed by atoms with Crippen LogP contribution in [0.4, 0.5) is 0 Å².